The number of carbonyl (C=O) groups excluding carboxylic acids is 1. The molecule has 0 aromatic carbocycles. The Kier molecular flexibility index (Phi) is 2.16. The van der Waals surface area contributed by atoms with Crippen LogP contribution in [0.4, 0.5) is 0 Å². The van der Waals surface area contributed by atoms with Gasteiger partial charge in [0, 0.05) is 6.20 Å². The Hall–Kier alpha value is -0.800. The van der Waals surface area contributed by atoms with Gasteiger partial charge >= 0.3 is 0 Å². The van der Waals surface area contributed by atoms with Crippen LogP contribution in [0.1, 0.15) is 18.5 Å². The smallest absolute Gasteiger partial charge is 0.229 e. The fourth-order valence-corrected chi connectivity index (χ4v) is 2.05. The Morgan fingerprint density at radius 1 is 1.50 bits per heavy atom. The largest absolute Gasteiger partial charge is 0.369 e. The zero-order chi connectivity index (χ0) is 10.3. The van der Waals surface area contributed by atoms with Gasteiger partial charge < -0.3 is 5.73 Å². The summed E-state index contributed by atoms with van der Waals surface area (Å²) in [6.07, 6.45) is 2.92. The molecule has 0 aliphatic heterocycles. The summed E-state index contributed by atoms with van der Waals surface area (Å²) in [6, 6.07) is 1.58. The average molecular weight is 231 g/mol. The Morgan fingerprint density at radius 3 is 2.57 bits per heavy atom. The monoisotopic (exact) mass is 230 g/mol. The van der Waals surface area contributed by atoms with Crippen molar-refractivity contribution in [2.45, 2.75) is 18.3 Å². The zero-order valence-corrected chi connectivity index (χ0v) is 8.77. The quantitative estimate of drug-likeness (QED) is 0.844. The lowest BCUT2D eigenvalue weighted by atomic mass is 10.0. The molecular formula is C9H8Cl2N2O. The van der Waals surface area contributed by atoms with E-state index in [-0.39, 0.29) is 5.91 Å². The van der Waals surface area contributed by atoms with Crippen molar-refractivity contribution in [3.8, 4) is 0 Å². The van der Waals surface area contributed by atoms with Crippen molar-refractivity contribution >= 4 is 29.1 Å². The second-order valence-electron chi connectivity index (χ2n) is 3.43. The van der Waals surface area contributed by atoms with E-state index in [1.165, 1.54) is 6.20 Å². The molecule has 74 valence electrons. The standard InChI is InChI=1S/C9H8Cl2N2O/c10-5-3-6(11)7(13-4-5)9(1-2-9)8(12)14/h3-4H,1-2H2,(H2,12,14). The van der Waals surface area contributed by atoms with Gasteiger partial charge in [-0.1, -0.05) is 23.2 Å². The van der Waals surface area contributed by atoms with Crippen LogP contribution in [0.25, 0.3) is 0 Å². The molecule has 0 saturated heterocycles. The number of pyridine rings is 1. The van der Waals surface area contributed by atoms with Crippen LogP contribution in [0.15, 0.2) is 12.3 Å². The van der Waals surface area contributed by atoms with Crippen molar-refractivity contribution in [3.05, 3.63) is 28.0 Å². The van der Waals surface area contributed by atoms with Crippen molar-refractivity contribution in [2.24, 2.45) is 5.73 Å². The van der Waals surface area contributed by atoms with Crippen molar-refractivity contribution < 1.29 is 4.79 Å². The van der Waals surface area contributed by atoms with Gasteiger partial charge in [-0.05, 0) is 18.9 Å². The van der Waals surface area contributed by atoms with E-state index in [2.05, 4.69) is 4.98 Å². The highest BCUT2D eigenvalue weighted by atomic mass is 35.5. The third kappa shape index (κ3) is 1.37. The Balaban J connectivity index is 2.47. The molecule has 0 radical (unpaired) electrons. The van der Waals surface area contributed by atoms with Gasteiger partial charge in [-0.15, -0.1) is 0 Å². The molecule has 1 aliphatic rings. The summed E-state index contributed by atoms with van der Waals surface area (Å²) in [5.41, 5.74) is 5.22. The van der Waals surface area contributed by atoms with Gasteiger partial charge in [-0.25, -0.2) is 0 Å². The van der Waals surface area contributed by atoms with E-state index < -0.39 is 5.41 Å². The maximum atomic E-state index is 11.2. The third-order valence-corrected chi connectivity index (χ3v) is 2.98. The molecule has 5 heteroatoms. The molecule has 0 bridgehead atoms. The molecule has 1 aromatic heterocycles. The van der Waals surface area contributed by atoms with E-state index in [1.807, 2.05) is 0 Å². The number of carbonyl (C=O) groups is 1. The number of halogens is 2. The predicted octanol–water partition coefficient (Wildman–Crippen LogP) is 1.91. The van der Waals surface area contributed by atoms with Crippen LogP contribution >= 0.6 is 23.2 Å². The molecule has 1 heterocycles. The first kappa shape index (κ1) is 9.74. The topological polar surface area (TPSA) is 56.0 Å². The Morgan fingerprint density at radius 2 is 2.14 bits per heavy atom. The van der Waals surface area contributed by atoms with Gasteiger partial charge in [0.15, 0.2) is 0 Å². The zero-order valence-electron chi connectivity index (χ0n) is 7.26. The van der Waals surface area contributed by atoms with Gasteiger partial charge in [0.05, 0.1) is 21.2 Å². The number of hydrogen-bond acceptors (Lipinski definition) is 2. The van der Waals surface area contributed by atoms with Gasteiger partial charge in [-0.2, -0.15) is 0 Å². The first-order chi connectivity index (χ1) is 6.56. The second-order valence-corrected chi connectivity index (χ2v) is 4.27. The second kappa shape index (κ2) is 3.11. The lowest BCUT2D eigenvalue weighted by Crippen LogP contribution is -2.29. The molecule has 1 amide bonds. The van der Waals surface area contributed by atoms with Crippen LogP contribution in [-0.4, -0.2) is 10.9 Å². The minimum absolute atomic E-state index is 0.366. The minimum atomic E-state index is -0.637. The number of hydrogen-bond donors (Lipinski definition) is 1. The summed E-state index contributed by atoms with van der Waals surface area (Å²) >= 11 is 11.6. The van der Waals surface area contributed by atoms with E-state index in [0.29, 0.717) is 15.7 Å². The highest BCUT2D eigenvalue weighted by Gasteiger charge is 2.52. The first-order valence-electron chi connectivity index (χ1n) is 4.18. The molecule has 0 atom stereocenters. The summed E-state index contributed by atoms with van der Waals surface area (Å²) in [6.45, 7) is 0. The fraction of sp³-hybridized carbons (Fsp3) is 0.333. The minimum Gasteiger partial charge on any atom is -0.369 e. The molecule has 14 heavy (non-hydrogen) atoms. The molecule has 0 unspecified atom stereocenters. The number of nitrogens with two attached hydrogens (primary N) is 1. The molecule has 3 nitrogen and oxygen atoms in total. The van der Waals surface area contributed by atoms with Crippen molar-refractivity contribution in [1.29, 1.82) is 0 Å². The van der Waals surface area contributed by atoms with Crippen molar-refractivity contribution in [2.75, 3.05) is 0 Å². The fourth-order valence-electron chi connectivity index (χ4n) is 1.49. The van der Waals surface area contributed by atoms with E-state index >= 15 is 0 Å². The Bertz CT molecular complexity index is 402. The highest BCUT2D eigenvalue weighted by molar-refractivity contribution is 6.35. The van der Waals surface area contributed by atoms with Crippen LogP contribution in [0.5, 0.6) is 0 Å². The summed E-state index contributed by atoms with van der Waals surface area (Å²) in [5.74, 6) is -0.366. The number of amides is 1. The average Bonchev–Trinajstić information content (AvgIpc) is 2.84. The van der Waals surface area contributed by atoms with Gasteiger partial charge in [0.25, 0.3) is 0 Å². The Labute approximate surface area is 91.2 Å². The van der Waals surface area contributed by atoms with E-state index in [1.54, 1.807) is 6.07 Å². The van der Waals surface area contributed by atoms with Gasteiger partial charge in [0.1, 0.15) is 0 Å². The van der Waals surface area contributed by atoms with E-state index in [0.717, 1.165) is 12.8 Å². The third-order valence-electron chi connectivity index (χ3n) is 2.48. The van der Waals surface area contributed by atoms with Crippen LogP contribution < -0.4 is 5.73 Å². The highest BCUT2D eigenvalue weighted by Crippen LogP contribution is 2.49. The molecular weight excluding hydrogens is 223 g/mol. The molecule has 1 fully saturated rings. The maximum Gasteiger partial charge on any atom is 0.229 e. The summed E-state index contributed by atoms with van der Waals surface area (Å²) in [5, 5.41) is 0.868. The molecule has 2 rings (SSSR count). The van der Waals surface area contributed by atoms with Gasteiger partial charge in [-0.3, -0.25) is 9.78 Å². The number of rotatable bonds is 2. The number of primary amides is 1. The molecule has 1 aliphatic carbocycles. The normalized spacial score (nSPS) is 17.9. The van der Waals surface area contributed by atoms with Gasteiger partial charge in [0.2, 0.25) is 5.91 Å². The predicted molar refractivity (Wildman–Crippen MR) is 54.4 cm³/mol. The SMILES string of the molecule is NC(=O)C1(c2ncc(Cl)cc2Cl)CC1. The van der Waals surface area contributed by atoms with Crippen molar-refractivity contribution in [1.82, 2.24) is 4.98 Å². The lowest BCUT2D eigenvalue weighted by Gasteiger charge is -2.11. The van der Waals surface area contributed by atoms with Crippen LogP contribution in [-0.2, 0) is 10.2 Å². The van der Waals surface area contributed by atoms with Crippen molar-refractivity contribution in [3.63, 3.8) is 0 Å². The van der Waals surface area contributed by atoms with Crippen LogP contribution in [0.2, 0.25) is 10.0 Å². The molecule has 2 N–H and O–H groups in total. The molecule has 1 aromatic rings. The van der Waals surface area contributed by atoms with Crippen LogP contribution in [0, 0.1) is 0 Å². The van der Waals surface area contributed by atoms with E-state index in [9.17, 15) is 4.79 Å². The molecule has 0 spiro atoms. The summed E-state index contributed by atoms with van der Waals surface area (Å²) < 4.78 is 0. The number of aromatic nitrogens is 1. The van der Waals surface area contributed by atoms with E-state index in [4.69, 9.17) is 28.9 Å². The first-order valence-corrected chi connectivity index (χ1v) is 4.93. The molecule has 1 saturated carbocycles. The maximum absolute atomic E-state index is 11.2. The summed E-state index contributed by atoms with van der Waals surface area (Å²) in [7, 11) is 0. The summed E-state index contributed by atoms with van der Waals surface area (Å²) in [4.78, 5) is 15.3. The lowest BCUT2D eigenvalue weighted by molar-refractivity contribution is -0.120. The number of nitrogens with zero attached hydrogens (tertiary/aromatic N) is 1. The van der Waals surface area contributed by atoms with Crippen LogP contribution in [0.3, 0.4) is 0 Å².